The van der Waals surface area contributed by atoms with E-state index in [1.165, 1.54) is 12.1 Å². The highest BCUT2D eigenvalue weighted by atomic mass is 32.2. The second kappa shape index (κ2) is 8.82. The van der Waals surface area contributed by atoms with Crippen molar-refractivity contribution in [3.05, 3.63) is 43.0 Å². The van der Waals surface area contributed by atoms with Gasteiger partial charge in [-0.05, 0) is 12.1 Å². The average Bonchev–Trinajstić information content (AvgIpc) is 2.43. The van der Waals surface area contributed by atoms with E-state index in [2.05, 4.69) is 6.58 Å². The SMILES string of the molecule is C=CCOCCOCCOS(=O)(=O)c1ccccc1. The minimum absolute atomic E-state index is 0.0152. The fourth-order valence-electron chi connectivity index (χ4n) is 1.24. The summed E-state index contributed by atoms with van der Waals surface area (Å²) in [6.07, 6.45) is 1.65. The molecular formula is C13H18O5S. The highest BCUT2D eigenvalue weighted by Gasteiger charge is 2.13. The van der Waals surface area contributed by atoms with Crippen molar-refractivity contribution in [3.63, 3.8) is 0 Å². The third kappa shape index (κ3) is 6.49. The van der Waals surface area contributed by atoms with E-state index in [0.29, 0.717) is 19.8 Å². The third-order valence-electron chi connectivity index (χ3n) is 2.11. The maximum atomic E-state index is 11.7. The summed E-state index contributed by atoms with van der Waals surface area (Å²) in [5.74, 6) is 0. The zero-order valence-corrected chi connectivity index (χ0v) is 11.5. The third-order valence-corrected chi connectivity index (χ3v) is 3.43. The summed E-state index contributed by atoms with van der Waals surface area (Å²) in [6.45, 7) is 5.00. The molecule has 19 heavy (non-hydrogen) atoms. The fraction of sp³-hybridized carbons (Fsp3) is 0.385. The van der Waals surface area contributed by atoms with Crippen LogP contribution in [0.5, 0.6) is 0 Å². The van der Waals surface area contributed by atoms with Crippen LogP contribution in [0.1, 0.15) is 0 Å². The molecule has 0 aliphatic heterocycles. The van der Waals surface area contributed by atoms with Gasteiger partial charge in [0.2, 0.25) is 0 Å². The van der Waals surface area contributed by atoms with Crippen molar-refractivity contribution >= 4 is 10.1 Å². The number of hydrogen-bond donors (Lipinski definition) is 0. The maximum Gasteiger partial charge on any atom is 0.297 e. The normalized spacial score (nSPS) is 11.4. The number of rotatable bonds is 10. The molecule has 0 atom stereocenters. The van der Waals surface area contributed by atoms with Crippen molar-refractivity contribution in [3.8, 4) is 0 Å². The molecule has 1 aromatic carbocycles. The molecule has 0 unspecified atom stereocenters. The Morgan fingerprint density at radius 1 is 1.00 bits per heavy atom. The molecule has 106 valence electrons. The molecule has 0 aliphatic rings. The monoisotopic (exact) mass is 286 g/mol. The minimum Gasteiger partial charge on any atom is -0.377 e. The molecule has 0 aromatic heterocycles. The number of benzene rings is 1. The molecule has 6 heteroatoms. The first kappa shape index (κ1) is 15.8. The molecule has 0 saturated heterocycles. The Morgan fingerprint density at radius 3 is 2.32 bits per heavy atom. The van der Waals surface area contributed by atoms with Gasteiger partial charge >= 0.3 is 0 Å². The van der Waals surface area contributed by atoms with Crippen molar-refractivity contribution < 1.29 is 22.1 Å². The fourth-order valence-corrected chi connectivity index (χ4v) is 2.16. The summed E-state index contributed by atoms with van der Waals surface area (Å²) in [5, 5.41) is 0. The first-order valence-electron chi connectivity index (χ1n) is 5.87. The summed E-state index contributed by atoms with van der Waals surface area (Å²) < 4.78 is 38.5. The lowest BCUT2D eigenvalue weighted by Gasteiger charge is -2.06. The summed E-state index contributed by atoms with van der Waals surface area (Å²) in [4.78, 5) is 0.143. The summed E-state index contributed by atoms with van der Waals surface area (Å²) in [7, 11) is -3.69. The lowest BCUT2D eigenvalue weighted by atomic mass is 10.4. The van der Waals surface area contributed by atoms with Gasteiger partial charge < -0.3 is 9.47 Å². The predicted molar refractivity (Wildman–Crippen MR) is 71.4 cm³/mol. The summed E-state index contributed by atoms with van der Waals surface area (Å²) in [6, 6.07) is 8.00. The first-order chi connectivity index (χ1) is 9.17. The lowest BCUT2D eigenvalue weighted by molar-refractivity contribution is 0.0458. The first-order valence-corrected chi connectivity index (χ1v) is 7.28. The smallest absolute Gasteiger partial charge is 0.297 e. The zero-order chi connectivity index (χ0) is 14.0. The molecular weight excluding hydrogens is 268 g/mol. The molecule has 0 N–H and O–H groups in total. The summed E-state index contributed by atoms with van der Waals surface area (Å²) >= 11 is 0. The molecule has 5 nitrogen and oxygen atoms in total. The van der Waals surface area contributed by atoms with Crippen LogP contribution in [-0.2, 0) is 23.8 Å². The molecule has 0 fully saturated rings. The van der Waals surface area contributed by atoms with Crippen molar-refractivity contribution in [1.29, 1.82) is 0 Å². The van der Waals surface area contributed by atoms with Gasteiger partial charge in [-0.2, -0.15) is 8.42 Å². The van der Waals surface area contributed by atoms with Gasteiger partial charge in [0, 0.05) is 0 Å². The van der Waals surface area contributed by atoms with Gasteiger partial charge in [-0.1, -0.05) is 24.3 Å². The minimum atomic E-state index is -3.69. The van der Waals surface area contributed by atoms with Crippen LogP contribution in [0.3, 0.4) is 0 Å². The Morgan fingerprint density at radius 2 is 1.63 bits per heavy atom. The van der Waals surface area contributed by atoms with Crippen LogP contribution in [0.25, 0.3) is 0 Å². The van der Waals surface area contributed by atoms with Crippen molar-refractivity contribution in [2.45, 2.75) is 4.90 Å². The van der Waals surface area contributed by atoms with E-state index in [4.69, 9.17) is 13.7 Å². The molecule has 0 heterocycles. The van der Waals surface area contributed by atoms with E-state index in [1.54, 1.807) is 24.3 Å². The largest absolute Gasteiger partial charge is 0.377 e. The van der Waals surface area contributed by atoms with Crippen LogP contribution in [0, 0.1) is 0 Å². The molecule has 0 amide bonds. The Kier molecular flexibility index (Phi) is 7.35. The van der Waals surface area contributed by atoms with E-state index in [9.17, 15) is 8.42 Å². The van der Waals surface area contributed by atoms with Gasteiger partial charge in [-0.25, -0.2) is 0 Å². The number of hydrogen-bond acceptors (Lipinski definition) is 5. The molecule has 0 saturated carbocycles. The lowest BCUT2D eigenvalue weighted by Crippen LogP contribution is -2.13. The van der Waals surface area contributed by atoms with Gasteiger partial charge in [0.1, 0.15) is 0 Å². The summed E-state index contributed by atoms with van der Waals surface area (Å²) in [5.41, 5.74) is 0. The van der Waals surface area contributed by atoms with Crippen molar-refractivity contribution in [2.24, 2.45) is 0 Å². The molecule has 1 aromatic rings. The van der Waals surface area contributed by atoms with Gasteiger partial charge in [0.15, 0.2) is 0 Å². The average molecular weight is 286 g/mol. The van der Waals surface area contributed by atoms with Crippen molar-refractivity contribution in [1.82, 2.24) is 0 Å². The molecule has 0 aliphatic carbocycles. The van der Waals surface area contributed by atoms with E-state index < -0.39 is 10.1 Å². The second-order valence-corrected chi connectivity index (χ2v) is 5.18. The van der Waals surface area contributed by atoms with Gasteiger partial charge in [-0.15, -0.1) is 6.58 Å². The van der Waals surface area contributed by atoms with E-state index in [-0.39, 0.29) is 18.1 Å². The molecule has 1 rings (SSSR count). The zero-order valence-electron chi connectivity index (χ0n) is 10.7. The predicted octanol–water partition coefficient (Wildman–Crippen LogP) is 1.61. The Hall–Kier alpha value is -1.21. The molecule has 0 bridgehead atoms. The topological polar surface area (TPSA) is 61.8 Å². The number of ether oxygens (including phenoxy) is 2. The van der Waals surface area contributed by atoms with Crippen LogP contribution in [0.4, 0.5) is 0 Å². The van der Waals surface area contributed by atoms with Crippen LogP contribution < -0.4 is 0 Å². The Balaban J connectivity index is 2.17. The second-order valence-electron chi connectivity index (χ2n) is 3.57. The van der Waals surface area contributed by atoms with E-state index >= 15 is 0 Å². The van der Waals surface area contributed by atoms with E-state index in [0.717, 1.165) is 0 Å². The maximum absolute atomic E-state index is 11.7. The van der Waals surface area contributed by atoms with Crippen LogP contribution in [-0.4, -0.2) is 41.5 Å². The van der Waals surface area contributed by atoms with Crippen LogP contribution in [0.15, 0.2) is 47.9 Å². The Bertz CT molecular complexity index is 455. The Labute approximate surface area is 113 Å². The molecule has 0 radical (unpaired) electrons. The van der Waals surface area contributed by atoms with Crippen LogP contribution >= 0.6 is 0 Å². The highest BCUT2D eigenvalue weighted by molar-refractivity contribution is 7.86. The van der Waals surface area contributed by atoms with Crippen molar-refractivity contribution in [2.75, 3.05) is 33.0 Å². The van der Waals surface area contributed by atoms with Gasteiger partial charge in [-0.3, -0.25) is 4.18 Å². The standard InChI is InChI=1S/C13H18O5S/c1-2-8-16-9-10-17-11-12-18-19(14,15)13-6-4-3-5-7-13/h2-7H,1,8-12H2. The quantitative estimate of drug-likeness (QED) is 0.371. The van der Waals surface area contributed by atoms with Gasteiger partial charge in [0.25, 0.3) is 10.1 Å². The molecule has 0 spiro atoms. The van der Waals surface area contributed by atoms with Gasteiger partial charge in [0.05, 0.1) is 37.9 Å². The van der Waals surface area contributed by atoms with E-state index in [1.807, 2.05) is 0 Å². The van der Waals surface area contributed by atoms with Crippen LogP contribution in [0.2, 0.25) is 0 Å². The highest BCUT2D eigenvalue weighted by Crippen LogP contribution is 2.10.